The Hall–Kier alpha value is -8.06. The standard InChI is InChI=1S/C72H94N8O10/c1-11-47(2)64(82)78-63(72(7,8)9)70(88)80-42-56(39-61(80)68(86)77-58(37-50-26-18-13-19-27-50)46-90-44-52-30-22-15-23-31-52)75-66(84)54-34-32-53(33-35-54)65(83)74-55-38-60(79(41-55)69(87)59(71(4,5)6)40-62(81)48(3)73-10)67(85)76-57(36-49-24-16-12-17-25-49)45-89-43-51-28-20-14-21-29-51/h12-35,47-48,55-61,63,73H,11,36-46H2,1-10H3,(H,74,83)(H,75,84)(H,76,85)(H,77,86)(H,78,82)/t47-,48+,55+,56+,57+,58+,59-,60+,61+,63-/m1/s1. The van der Waals surface area contributed by atoms with Crippen LogP contribution in [0.1, 0.15) is 131 Å². The maximum absolute atomic E-state index is 14.9. The van der Waals surface area contributed by atoms with Gasteiger partial charge in [-0.1, -0.05) is 177 Å². The summed E-state index contributed by atoms with van der Waals surface area (Å²) in [6.07, 6.45) is 1.56. The van der Waals surface area contributed by atoms with Crippen LogP contribution in [0, 0.1) is 22.7 Å². The zero-order valence-corrected chi connectivity index (χ0v) is 54.1. The highest BCUT2D eigenvalue weighted by Gasteiger charge is 2.48. The molecule has 482 valence electrons. The van der Waals surface area contributed by atoms with Crippen LogP contribution in [-0.2, 0) is 64.3 Å². The summed E-state index contributed by atoms with van der Waals surface area (Å²) < 4.78 is 12.3. The fraction of sp³-hybridized carbons (Fsp3) is 0.472. The minimum Gasteiger partial charge on any atom is -0.375 e. The summed E-state index contributed by atoms with van der Waals surface area (Å²) in [4.78, 5) is 118. The molecule has 0 bridgehead atoms. The van der Waals surface area contributed by atoms with Gasteiger partial charge in [0.15, 0.2) is 0 Å². The molecular formula is C72H94N8O10. The predicted octanol–water partition coefficient (Wildman–Crippen LogP) is 7.78. The molecule has 0 unspecified atom stereocenters. The van der Waals surface area contributed by atoms with Crippen LogP contribution in [0.4, 0.5) is 0 Å². The normalized spacial score (nSPS) is 18.7. The molecule has 2 aliphatic heterocycles. The highest BCUT2D eigenvalue weighted by atomic mass is 16.5. The van der Waals surface area contributed by atoms with Crippen LogP contribution in [0.2, 0.25) is 0 Å². The second kappa shape index (κ2) is 32.6. The summed E-state index contributed by atoms with van der Waals surface area (Å²) in [5, 5.41) is 18.4. The molecule has 2 heterocycles. The van der Waals surface area contributed by atoms with Crippen molar-refractivity contribution >= 4 is 47.1 Å². The Morgan fingerprint density at radius 3 is 1.28 bits per heavy atom. The Morgan fingerprint density at radius 1 is 0.522 bits per heavy atom. The third kappa shape index (κ3) is 20.0. The summed E-state index contributed by atoms with van der Waals surface area (Å²) in [7, 11) is 1.69. The Morgan fingerprint density at radius 2 is 0.911 bits per heavy atom. The van der Waals surface area contributed by atoms with E-state index in [0.717, 1.165) is 22.3 Å². The van der Waals surface area contributed by atoms with Crippen molar-refractivity contribution in [3.63, 3.8) is 0 Å². The van der Waals surface area contributed by atoms with Gasteiger partial charge in [-0.25, -0.2) is 0 Å². The molecule has 5 aromatic rings. The molecule has 2 aliphatic rings. The molecule has 0 aliphatic carbocycles. The Kier molecular flexibility index (Phi) is 25.2. The van der Waals surface area contributed by atoms with Gasteiger partial charge in [0.2, 0.25) is 29.5 Å². The Bertz CT molecular complexity index is 2960. The molecule has 7 amide bonds. The SMILES string of the molecule is CC[C@@H](C)C(=O)N[C@H](C(=O)N1C[C@@H](NC(=O)c2ccc(C(=O)N[C@H]3C[C@@H](C(=O)N[C@H](COCc4ccccc4)Cc4ccccc4)N(C(=O)[C@@H](CC(=O)[C@H](C)NC)C(C)(C)C)C3)cc2)C[C@H]1C(=O)N[C@H](COCc1ccccc1)Cc1ccccc1)C(C)(C)C. The molecule has 2 saturated heterocycles. The van der Waals surface area contributed by atoms with Crippen molar-refractivity contribution < 1.29 is 47.8 Å². The smallest absolute Gasteiger partial charge is 0.251 e. The number of nitrogens with one attached hydrogen (secondary N) is 6. The molecule has 0 radical (unpaired) electrons. The maximum Gasteiger partial charge on any atom is 0.251 e. The number of rotatable bonds is 29. The van der Waals surface area contributed by atoms with Crippen molar-refractivity contribution in [2.24, 2.45) is 22.7 Å². The van der Waals surface area contributed by atoms with Crippen molar-refractivity contribution in [3.8, 4) is 0 Å². The molecule has 18 nitrogen and oxygen atoms in total. The lowest BCUT2D eigenvalue weighted by Gasteiger charge is -2.36. The number of hydrogen-bond acceptors (Lipinski definition) is 11. The zero-order valence-electron chi connectivity index (χ0n) is 54.1. The van der Waals surface area contributed by atoms with E-state index in [1.165, 1.54) is 34.1 Å². The average Bonchev–Trinajstić information content (AvgIpc) is 1.86. The molecule has 10 atom stereocenters. The van der Waals surface area contributed by atoms with Crippen LogP contribution in [0.3, 0.4) is 0 Å². The number of nitrogens with zero attached hydrogens (tertiary/aromatic N) is 2. The van der Waals surface area contributed by atoms with Crippen LogP contribution in [0.25, 0.3) is 0 Å². The van der Waals surface area contributed by atoms with Crippen molar-refractivity contribution in [1.82, 2.24) is 41.7 Å². The monoisotopic (exact) mass is 1230 g/mol. The lowest BCUT2D eigenvalue weighted by molar-refractivity contribution is -0.146. The fourth-order valence-corrected chi connectivity index (χ4v) is 11.4. The van der Waals surface area contributed by atoms with E-state index >= 15 is 0 Å². The Labute approximate surface area is 531 Å². The highest BCUT2D eigenvalue weighted by molar-refractivity contribution is 5.99. The van der Waals surface area contributed by atoms with Gasteiger partial charge in [0.25, 0.3) is 11.8 Å². The largest absolute Gasteiger partial charge is 0.375 e. The van der Waals surface area contributed by atoms with Crippen LogP contribution in [0.5, 0.6) is 0 Å². The molecule has 90 heavy (non-hydrogen) atoms. The quantitative estimate of drug-likeness (QED) is 0.0271. The van der Waals surface area contributed by atoms with Crippen molar-refractivity contribution in [2.75, 3.05) is 33.4 Å². The number of benzene rings is 5. The van der Waals surface area contributed by atoms with Crippen molar-refractivity contribution in [3.05, 3.63) is 179 Å². The number of hydrogen-bond donors (Lipinski definition) is 6. The molecule has 5 aromatic carbocycles. The zero-order chi connectivity index (χ0) is 65.1. The van der Waals surface area contributed by atoms with E-state index in [0.29, 0.717) is 32.5 Å². The van der Waals surface area contributed by atoms with E-state index in [4.69, 9.17) is 9.47 Å². The third-order valence-electron chi connectivity index (χ3n) is 17.2. The number of ketones is 1. The van der Waals surface area contributed by atoms with Gasteiger partial charge in [-0.05, 0) is 103 Å². The third-order valence-corrected chi connectivity index (χ3v) is 17.2. The molecular weight excluding hydrogens is 1140 g/mol. The fourth-order valence-electron chi connectivity index (χ4n) is 11.4. The summed E-state index contributed by atoms with van der Waals surface area (Å²) in [6, 6.07) is 39.1. The first-order chi connectivity index (χ1) is 42.9. The van der Waals surface area contributed by atoms with Gasteiger partial charge in [0, 0.05) is 54.6 Å². The molecule has 0 spiro atoms. The van der Waals surface area contributed by atoms with Gasteiger partial charge in [0.1, 0.15) is 23.9 Å². The predicted molar refractivity (Wildman–Crippen MR) is 347 cm³/mol. The first-order valence-electron chi connectivity index (χ1n) is 31.7. The summed E-state index contributed by atoms with van der Waals surface area (Å²) in [5.74, 6) is -4.23. The van der Waals surface area contributed by atoms with E-state index in [-0.39, 0.29) is 80.2 Å². The average molecular weight is 1230 g/mol. The first kappa shape index (κ1) is 69.4. The second-order valence-electron chi connectivity index (χ2n) is 26.4. The minimum absolute atomic E-state index is 0.00423. The van der Waals surface area contributed by atoms with Gasteiger partial charge >= 0.3 is 0 Å². The number of Topliss-reactive ketones (excluding diaryl/α,β-unsaturated/α-hetero) is 1. The summed E-state index contributed by atoms with van der Waals surface area (Å²) in [6.45, 7) is 17.7. The van der Waals surface area contributed by atoms with Gasteiger partial charge in [-0.2, -0.15) is 0 Å². The van der Waals surface area contributed by atoms with E-state index in [2.05, 4.69) is 31.9 Å². The van der Waals surface area contributed by atoms with Crippen molar-refractivity contribution in [2.45, 2.75) is 162 Å². The lowest BCUT2D eigenvalue weighted by atomic mass is 9.76. The number of likely N-dealkylation sites (tertiary alicyclic amines) is 2. The van der Waals surface area contributed by atoms with Crippen LogP contribution in [0.15, 0.2) is 146 Å². The first-order valence-corrected chi connectivity index (χ1v) is 31.7. The van der Waals surface area contributed by atoms with E-state index in [1.807, 2.05) is 170 Å². The molecule has 18 heteroatoms. The van der Waals surface area contributed by atoms with E-state index < -0.39 is 94.6 Å². The lowest BCUT2D eigenvalue weighted by Crippen LogP contribution is -2.59. The number of ether oxygens (including phenoxy) is 2. The van der Waals surface area contributed by atoms with E-state index in [1.54, 1.807) is 20.9 Å². The summed E-state index contributed by atoms with van der Waals surface area (Å²) in [5.41, 5.74) is 2.92. The van der Waals surface area contributed by atoms with Gasteiger partial charge in [-0.3, -0.25) is 38.4 Å². The Balaban J connectivity index is 1.08. The van der Waals surface area contributed by atoms with Crippen LogP contribution in [-0.4, -0.2) is 139 Å². The number of carbonyl (C=O) groups is 8. The molecule has 2 fully saturated rings. The molecule has 0 saturated carbocycles. The van der Waals surface area contributed by atoms with E-state index in [9.17, 15) is 38.4 Å². The molecule has 7 rings (SSSR count). The highest BCUT2D eigenvalue weighted by Crippen LogP contribution is 2.34. The van der Waals surface area contributed by atoms with Gasteiger partial charge in [-0.15, -0.1) is 0 Å². The maximum atomic E-state index is 14.9. The summed E-state index contributed by atoms with van der Waals surface area (Å²) >= 11 is 0. The minimum atomic E-state index is -1.03. The topological polar surface area (TPSA) is 234 Å². The van der Waals surface area contributed by atoms with Gasteiger partial charge < -0.3 is 51.2 Å². The van der Waals surface area contributed by atoms with Crippen LogP contribution < -0.4 is 31.9 Å². The number of carbonyl (C=O) groups excluding carboxylic acids is 8. The number of amides is 7. The van der Waals surface area contributed by atoms with Crippen LogP contribution >= 0.6 is 0 Å². The molecule has 0 aromatic heterocycles. The molecule has 6 N–H and O–H groups in total. The second-order valence-corrected chi connectivity index (χ2v) is 26.4. The van der Waals surface area contributed by atoms with Gasteiger partial charge in [0.05, 0.1) is 44.6 Å². The number of likely N-dealkylation sites (N-methyl/N-ethyl adjacent to an activating group) is 1. The van der Waals surface area contributed by atoms with Crippen molar-refractivity contribution in [1.29, 1.82) is 0 Å².